The first-order chi connectivity index (χ1) is 8.86. The molecule has 1 fully saturated rings. The highest BCUT2D eigenvalue weighted by Crippen LogP contribution is 2.40. The molecule has 1 heterocycles. The van der Waals surface area contributed by atoms with Gasteiger partial charge in [0.05, 0.1) is 0 Å². The number of nitrogens with two attached hydrogens (primary N) is 1. The van der Waals surface area contributed by atoms with Gasteiger partial charge in [0.15, 0.2) is 0 Å². The summed E-state index contributed by atoms with van der Waals surface area (Å²) in [5, 5.41) is 0. The monoisotopic (exact) mass is 324 g/mol. The van der Waals surface area contributed by atoms with E-state index in [0.29, 0.717) is 17.4 Å². The highest BCUT2D eigenvalue weighted by molar-refractivity contribution is 9.10. The fourth-order valence-corrected chi connectivity index (χ4v) is 3.59. The van der Waals surface area contributed by atoms with Crippen LogP contribution in [0.4, 0.5) is 0 Å². The van der Waals surface area contributed by atoms with Gasteiger partial charge >= 0.3 is 0 Å². The summed E-state index contributed by atoms with van der Waals surface area (Å²) >= 11 is 3.49. The molecule has 2 rings (SSSR count). The summed E-state index contributed by atoms with van der Waals surface area (Å²) in [4.78, 5) is 4.25. The van der Waals surface area contributed by atoms with Crippen LogP contribution in [0.25, 0.3) is 0 Å². The summed E-state index contributed by atoms with van der Waals surface area (Å²) in [6.07, 6.45) is 8.55. The lowest BCUT2D eigenvalue weighted by molar-refractivity contribution is 0.126. The van der Waals surface area contributed by atoms with Crippen molar-refractivity contribution < 1.29 is 0 Å². The fraction of sp³-hybridized carbons (Fsp3) is 0.688. The van der Waals surface area contributed by atoms with Crippen molar-refractivity contribution in [3.63, 3.8) is 0 Å². The molecule has 1 aliphatic rings. The van der Waals surface area contributed by atoms with Gasteiger partial charge in [0.2, 0.25) is 0 Å². The Labute approximate surface area is 125 Å². The molecule has 2 nitrogen and oxygen atoms in total. The lowest BCUT2D eigenvalue weighted by Gasteiger charge is -2.40. The molecule has 3 heteroatoms. The average molecular weight is 325 g/mol. The summed E-state index contributed by atoms with van der Waals surface area (Å²) < 4.78 is 1.06. The normalized spacial score (nSPS) is 28.4. The number of hydrogen-bond donors (Lipinski definition) is 1. The SMILES string of the molecule is CC(C)(C)C1CCC(N)C(Cc2cncc(Br)c2)C1. The highest BCUT2D eigenvalue weighted by Gasteiger charge is 2.34. The Kier molecular flexibility index (Phi) is 4.67. The topological polar surface area (TPSA) is 38.9 Å². The van der Waals surface area contributed by atoms with Gasteiger partial charge in [-0.1, -0.05) is 20.8 Å². The molecule has 0 radical (unpaired) electrons. The lowest BCUT2D eigenvalue weighted by atomic mass is 9.66. The molecule has 0 bridgehead atoms. The van der Waals surface area contributed by atoms with Crippen LogP contribution in [-0.2, 0) is 6.42 Å². The molecule has 1 aliphatic carbocycles. The Hall–Kier alpha value is -0.410. The van der Waals surface area contributed by atoms with E-state index in [1.807, 2.05) is 12.4 Å². The summed E-state index contributed by atoms with van der Waals surface area (Å²) in [6.45, 7) is 7.06. The van der Waals surface area contributed by atoms with Crippen LogP contribution in [0.5, 0.6) is 0 Å². The number of aromatic nitrogens is 1. The van der Waals surface area contributed by atoms with Crippen LogP contribution >= 0.6 is 15.9 Å². The number of nitrogens with zero attached hydrogens (tertiary/aromatic N) is 1. The van der Waals surface area contributed by atoms with Crippen molar-refractivity contribution in [3.8, 4) is 0 Å². The van der Waals surface area contributed by atoms with E-state index in [1.165, 1.54) is 18.4 Å². The van der Waals surface area contributed by atoms with Crippen molar-refractivity contribution >= 4 is 15.9 Å². The maximum atomic E-state index is 6.34. The third-order valence-electron chi connectivity index (χ3n) is 4.53. The minimum absolute atomic E-state index is 0.345. The summed E-state index contributed by atoms with van der Waals surface area (Å²) in [5.74, 6) is 1.38. The van der Waals surface area contributed by atoms with Crippen molar-refractivity contribution in [2.24, 2.45) is 23.0 Å². The maximum absolute atomic E-state index is 6.34. The molecule has 0 aromatic carbocycles. The van der Waals surface area contributed by atoms with E-state index in [9.17, 15) is 0 Å². The first-order valence-electron chi connectivity index (χ1n) is 7.21. The fourth-order valence-electron chi connectivity index (χ4n) is 3.18. The van der Waals surface area contributed by atoms with Crippen LogP contribution in [-0.4, -0.2) is 11.0 Å². The minimum Gasteiger partial charge on any atom is -0.327 e. The average Bonchev–Trinajstić information content (AvgIpc) is 2.30. The molecule has 19 heavy (non-hydrogen) atoms. The predicted octanol–water partition coefficient (Wildman–Crippen LogP) is 4.18. The second kappa shape index (κ2) is 5.92. The molecule has 0 amide bonds. The van der Waals surface area contributed by atoms with Crippen molar-refractivity contribution in [1.82, 2.24) is 4.98 Å². The second-order valence-electron chi connectivity index (χ2n) is 7.02. The number of pyridine rings is 1. The van der Waals surface area contributed by atoms with E-state index in [2.05, 4.69) is 47.8 Å². The minimum atomic E-state index is 0.345. The summed E-state index contributed by atoms with van der Waals surface area (Å²) in [7, 11) is 0. The third-order valence-corrected chi connectivity index (χ3v) is 4.96. The van der Waals surface area contributed by atoms with Crippen molar-refractivity contribution in [1.29, 1.82) is 0 Å². The first-order valence-corrected chi connectivity index (χ1v) is 8.00. The Bertz CT molecular complexity index is 425. The smallest absolute Gasteiger partial charge is 0.0410 e. The van der Waals surface area contributed by atoms with Gasteiger partial charge in [0.25, 0.3) is 0 Å². The van der Waals surface area contributed by atoms with E-state index in [0.717, 1.165) is 23.2 Å². The highest BCUT2D eigenvalue weighted by atomic mass is 79.9. The molecule has 2 N–H and O–H groups in total. The second-order valence-corrected chi connectivity index (χ2v) is 7.93. The van der Waals surface area contributed by atoms with Crippen LogP contribution in [0.2, 0.25) is 0 Å². The lowest BCUT2D eigenvalue weighted by Crippen LogP contribution is -2.40. The number of halogens is 1. The molecule has 3 unspecified atom stereocenters. The largest absolute Gasteiger partial charge is 0.327 e. The maximum Gasteiger partial charge on any atom is 0.0410 e. The zero-order chi connectivity index (χ0) is 14.0. The van der Waals surface area contributed by atoms with E-state index in [4.69, 9.17) is 5.73 Å². The van der Waals surface area contributed by atoms with Crippen LogP contribution in [0.1, 0.15) is 45.6 Å². The van der Waals surface area contributed by atoms with E-state index in [1.54, 1.807) is 0 Å². The standard InChI is InChI=1S/C16H25BrN2/c1-16(2,3)13-4-5-15(18)12(8-13)6-11-7-14(17)10-19-9-11/h7,9-10,12-13,15H,4-6,8,18H2,1-3H3. The molecule has 3 atom stereocenters. The Morgan fingerprint density at radius 1 is 1.32 bits per heavy atom. The molecule has 1 aromatic rings. The Morgan fingerprint density at radius 3 is 2.68 bits per heavy atom. The third kappa shape index (κ3) is 4.03. The Morgan fingerprint density at radius 2 is 2.05 bits per heavy atom. The van der Waals surface area contributed by atoms with Crippen LogP contribution < -0.4 is 5.73 Å². The van der Waals surface area contributed by atoms with E-state index < -0.39 is 0 Å². The van der Waals surface area contributed by atoms with Crippen LogP contribution in [0, 0.1) is 17.3 Å². The molecule has 0 spiro atoms. The number of rotatable bonds is 2. The van der Waals surface area contributed by atoms with Gasteiger partial charge in [-0.05, 0) is 70.5 Å². The summed E-state index contributed by atoms with van der Waals surface area (Å²) in [6, 6.07) is 2.51. The molecule has 1 saturated carbocycles. The molecule has 0 aliphatic heterocycles. The van der Waals surface area contributed by atoms with Crippen molar-refractivity contribution in [2.45, 2.75) is 52.5 Å². The van der Waals surface area contributed by atoms with Crippen LogP contribution in [0.3, 0.4) is 0 Å². The van der Waals surface area contributed by atoms with Gasteiger partial charge in [0.1, 0.15) is 0 Å². The van der Waals surface area contributed by atoms with E-state index in [-0.39, 0.29) is 0 Å². The van der Waals surface area contributed by atoms with Gasteiger partial charge in [-0.25, -0.2) is 0 Å². The first kappa shape index (κ1) is 15.0. The molecular formula is C16H25BrN2. The molecule has 0 saturated heterocycles. The van der Waals surface area contributed by atoms with Gasteiger partial charge in [0, 0.05) is 22.9 Å². The summed E-state index contributed by atoms with van der Waals surface area (Å²) in [5.41, 5.74) is 8.03. The predicted molar refractivity (Wildman–Crippen MR) is 83.9 cm³/mol. The van der Waals surface area contributed by atoms with Gasteiger partial charge in [-0.3, -0.25) is 4.98 Å². The van der Waals surface area contributed by atoms with Crippen molar-refractivity contribution in [2.75, 3.05) is 0 Å². The quantitative estimate of drug-likeness (QED) is 0.886. The number of hydrogen-bond acceptors (Lipinski definition) is 2. The zero-order valence-corrected chi connectivity index (χ0v) is 13.8. The molecule has 106 valence electrons. The van der Waals surface area contributed by atoms with Crippen LogP contribution in [0.15, 0.2) is 22.9 Å². The molecule has 1 aromatic heterocycles. The van der Waals surface area contributed by atoms with Crippen molar-refractivity contribution in [3.05, 3.63) is 28.5 Å². The van der Waals surface area contributed by atoms with Gasteiger partial charge in [-0.2, -0.15) is 0 Å². The zero-order valence-electron chi connectivity index (χ0n) is 12.2. The molecular weight excluding hydrogens is 300 g/mol. The van der Waals surface area contributed by atoms with Gasteiger partial charge < -0.3 is 5.73 Å². The van der Waals surface area contributed by atoms with E-state index >= 15 is 0 Å². The Balaban J connectivity index is 2.05. The van der Waals surface area contributed by atoms with Gasteiger partial charge in [-0.15, -0.1) is 0 Å².